The quantitative estimate of drug-likeness (QED) is 0.872. The van der Waals surface area contributed by atoms with Gasteiger partial charge in [-0.3, -0.25) is 0 Å². The van der Waals surface area contributed by atoms with Crippen molar-refractivity contribution < 1.29 is 14.9 Å². The minimum absolute atomic E-state index is 0.138. The number of benzene rings is 2. The van der Waals surface area contributed by atoms with E-state index in [4.69, 9.17) is 9.84 Å². The molecule has 0 saturated heterocycles. The predicted molar refractivity (Wildman–Crippen MR) is 82.1 cm³/mol. The topological polar surface area (TPSA) is 49.7 Å². The third-order valence-corrected chi connectivity index (χ3v) is 3.47. The second kappa shape index (κ2) is 6.88. The normalized spacial score (nSPS) is 12.2. The van der Waals surface area contributed by atoms with Crippen molar-refractivity contribution in [3.8, 4) is 11.5 Å². The van der Waals surface area contributed by atoms with Gasteiger partial charge in [0.25, 0.3) is 0 Å². The second-order valence-electron chi connectivity index (χ2n) is 4.58. The molecule has 0 bridgehead atoms. The lowest BCUT2D eigenvalue weighted by Crippen LogP contribution is -1.96. The van der Waals surface area contributed by atoms with Gasteiger partial charge in [-0.2, -0.15) is 0 Å². The molecule has 20 heavy (non-hydrogen) atoms. The first-order chi connectivity index (χ1) is 9.60. The number of rotatable bonds is 5. The Bertz CT molecular complexity index is 564. The summed E-state index contributed by atoms with van der Waals surface area (Å²) >= 11 is 3.39. The fourth-order valence-corrected chi connectivity index (χ4v) is 2.30. The second-order valence-corrected chi connectivity index (χ2v) is 5.49. The van der Waals surface area contributed by atoms with Crippen LogP contribution >= 0.6 is 15.9 Å². The summed E-state index contributed by atoms with van der Waals surface area (Å²) in [6, 6.07) is 13.1. The molecule has 0 radical (unpaired) electrons. The molecule has 0 heterocycles. The van der Waals surface area contributed by atoms with Gasteiger partial charge in [0.2, 0.25) is 0 Å². The van der Waals surface area contributed by atoms with Crippen molar-refractivity contribution in [3.63, 3.8) is 0 Å². The lowest BCUT2D eigenvalue weighted by Gasteiger charge is -2.14. The molecule has 0 aliphatic rings. The monoisotopic (exact) mass is 336 g/mol. The van der Waals surface area contributed by atoms with E-state index < -0.39 is 6.10 Å². The molecule has 2 rings (SSSR count). The Hall–Kier alpha value is -1.36. The molecule has 0 aliphatic carbocycles. The van der Waals surface area contributed by atoms with Crippen LogP contribution in [0.5, 0.6) is 11.5 Å². The predicted octanol–water partition coefficient (Wildman–Crippen LogP) is 3.83. The van der Waals surface area contributed by atoms with Gasteiger partial charge in [-0.1, -0.05) is 28.1 Å². The van der Waals surface area contributed by atoms with Crippen molar-refractivity contribution in [1.82, 2.24) is 0 Å². The number of hydrogen-bond donors (Lipinski definition) is 2. The van der Waals surface area contributed by atoms with Gasteiger partial charge >= 0.3 is 0 Å². The fourth-order valence-electron chi connectivity index (χ4n) is 1.92. The van der Waals surface area contributed by atoms with Gasteiger partial charge < -0.3 is 14.9 Å². The van der Waals surface area contributed by atoms with E-state index in [0.29, 0.717) is 17.9 Å². The Morgan fingerprint density at radius 3 is 2.45 bits per heavy atom. The summed E-state index contributed by atoms with van der Waals surface area (Å²) in [4.78, 5) is 0. The van der Waals surface area contributed by atoms with Crippen LogP contribution in [0.25, 0.3) is 0 Å². The number of ether oxygens (including phenoxy) is 1. The summed E-state index contributed by atoms with van der Waals surface area (Å²) in [6.45, 7) is 1.85. The highest BCUT2D eigenvalue weighted by molar-refractivity contribution is 9.10. The van der Waals surface area contributed by atoms with Crippen LogP contribution in [0.1, 0.15) is 24.2 Å². The minimum Gasteiger partial charge on any atom is -0.457 e. The Kier molecular flexibility index (Phi) is 5.17. The van der Waals surface area contributed by atoms with E-state index in [2.05, 4.69) is 15.9 Å². The average Bonchev–Trinajstić information content (AvgIpc) is 2.43. The fraction of sp³-hybridized carbons (Fsp3) is 0.250. The van der Waals surface area contributed by atoms with Gasteiger partial charge in [0.15, 0.2) is 0 Å². The van der Waals surface area contributed by atoms with Crippen molar-refractivity contribution in [2.75, 3.05) is 6.61 Å². The Morgan fingerprint density at radius 2 is 1.85 bits per heavy atom. The van der Waals surface area contributed by atoms with Crippen molar-refractivity contribution >= 4 is 15.9 Å². The lowest BCUT2D eigenvalue weighted by molar-refractivity contribution is 0.195. The van der Waals surface area contributed by atoms with Crippen molar-refractivity contribution in [2.24, 2.45) is 0 Å². The molecule has 3 nitrogen and oxygen atoms in total. The Balaban J connectivity index is 2.21. The number of aliphatic hydroxyl groups is 2. The van der Waals surface area contributed by atoms with Gasteiger partial charge in [0, 0.05) is 16.6 Å². The van der Waals surface area contributed by atoms with Crippen LogP contribution in [-0.2, 0) is 6.42 Å². The highest BCUT2D eigenvalue weighted by Gasteiger charge is 2.10. The molecule has 0 fully saturated rings. The zero-order valence-electron chi connectivity index (χ0n) is 11.2. The molecular formula is C16H17BrO3. The van der Waals surface area contributed by atoms with Gasteiger partial charge in [-0.15, -0.1) is 0 Å². The first kappa shape index (κ1) is 15.0. The molecule has 2 aromatic carbocycles. The summed E-state index contributed by atoms with van der Waals surface area (Å²) in [7, 11) is 0. The van der Waals surface area contributed by atoms with Crippen molar-refractivity contribution in [1.29, 1.82) is 0 Å². The SMILES string of the molecule is CC(O)c1cc(Br)ccc1Oc1ccc(CCO)cc1. The Labute approximate surface area is 127 Å². The van der Waals surface area contributed by atoms with Gasteiger partial charge in [-0.25, -0.2) is 0 Å². The summed E-state index contributed by atoms with van der Waals surface area (Å²) < 4.78 is 6.72. The largest absolute Gasteiger partial charge is 0.457 e. The van der Waals surface area contributed by atoms with E-state index in [1.165, 1.54) is 0 Å². The van der Waals surface area contributed by atoms with Crippen LogP contribution in [0.15, 0.2) is 46.9 Å². The molecule has 0 spiro atoms. The molecule has 106 valence electrons. The maximum Gasteiger partial charge on any atom is 0.133 e. The number of hydrogen-bond acceptors (Lipinski definition) is 3. The van der Waals surface area contributed by atoms with Crippen molar-refractivity contribution in [2.45, 2.75) is 19.4 Å². The van der Waals surface area contributed by atoms with Gasteiger partial charge in [-0.05, 0) is 49.2 Å². The van der Waals surface area contributed by atoms with Crippen LogP contribution in [0.4, 0.5) is 0 Å². The van der Waals surface area contributed by atoms with E-state index in [1.807, 2.05) is 42.5 Å². The minimum atomic E-state index is -0.601. The Morgan fingerprint density at radius 1 is 1.15 bits per heavy atom. The smallest absolute Gasteiger partial charge is 0.133 e. The first-order valence-electron chi connectivity index (χ1n) is 6.45. The summed E-state index contributed by atoms with van der Waals surface area (Å²) in [6.07, 6.45) is 0.0356. The summed E-state index contributed by atoms with van der Waals surface area (Å²) in [5.41, 5.74) is 1.80. The van der Waals surface area contributed by atoms with Crippen LogP contribution < -0.4 is 4.74 Å². The standard InChI is InChI=1S/C16H17BrO3/c1-11(19)15-10-13(17)4-7-16(15)20-14-5-2-12(3-6-14)8-9-18/h2-7,10-11,18-19H,8-9H2,1H3. The van der Waals surface area contributed by atoms with E-state index in [-0.39, 0.29) is 6.61 Å². The third kappa shape index (κ3) is 3.82. The van der Waals surface area contributed by atoms with E-state index in [1.54, 1.807) is 6.92 Å². The molecule has 0 aromatic heterocycles. The van der Waals surface area contributed by atoms with Crippen LogP contribution in [0.2, 0.25) is 0 Å². The van der Waals surface area contributed by atoms with Crippen LogP contribution in [0.3, 0.4) is 0 Å². The zero-order valence-corrected chi connectivity index (χ0v) is 12.8. The van der Waals surface area contributed by atoms with Gasteiger partial charge in [0.1, 0.15) is 11.5 Å². The zero-order chi connectivity index (χ0) is 14.5. The molecule has 4 heteroatoms. The van der Waals surface area contributed by atoms with Gasteiger partial charge in [0.05, 0.1) is 6.10 Å². The highest BCUT2D eigenvalue weighted by atomic mass is 79.9. The van der Waals surface area contributed by atoms with E-state index in [9.17, 15) is 5.11 Å². The number of aliphatic hydroxyl groups excluding tert-OH is 2. The van der Waals surface area contributed by atoms with E-state index in [0.717, 1.165) is 15.6 Å². The maximum absolute atomic E-state index is 9.79. The molecule has 1 unspecified atom stereocenters. The molecule has 1 atom stereocenters. The molecule has 2 N–H and O–H groups in total. The average molecular weight is 337 g/mol. The molecule has 0 saturated carbocycles. The molecule has 0 aliphatic heterocycles. The summed E-state index contributed by atoms with van der Waals surface area (Å²) in [5, 5.41) is 18.7. The van der Waals surface area contributed by atoms with Crippen molar-refractivity contribution in [3.05, 3.63) is 58.1 Å². The highest BCUT2D eigenvalue weighted by Crippen LogP contribution is 2.32. The molecular weight excluding hydrogens is 320 g/mol. The number of halogens is 1. The first-order valence-corrected chi connectivity index (χ1v) is 7.24. The molecule has 2 aromatic rings. The molecule has 0 amide bonds. The lowest BCUT2D eigenvalue weighted by atomic mass is 10.1. The van der Waals surface area contributed by atoms with E-state index >= 15 is 0 Å². The third-order valence-electron chi connectivity index (χ3n) is 2.97. The maximum atomic E-state index is 9.79. The van der Waals surface area contributed by atoms with Crippen LogP contribution in [-0.4, -0.2) is 16.8 Å². The van der Waals surface area contributed by atoms with Crippen LogP contribution in [0, 0.1) is 0 Å². The summed E-state index contributed by atoms with van der Waals surface area (Å²) in [5.74, 6) is 1.34.